The molecule has 0 saturated heterocycles. The molecule has 4 rings (SSSR count). The van der Waals surface area contributed by atoms with E-state index in [1.165, 1.54) is 24.3 Å². The molecule has 4 aromatic rings. The first-order chi connectivity index (χ1) is 18.4. The number of aromatic nitrogens is 2. The third kappa shape index (κ3) is 6.92. The van der Waals surface area contributed by atoms with Crippen molar-refractivity contribution in [3.63, 3.8) is 0 Å². The number of halogens is 5. The number of benzene rings is 3. The molecule has 1 aromatic heterocycles. The average Bonchev–Trinajstić information content (AvgIpc) is 3.10. The minimum atomic E-state index is -4.80. The molecule has 0 saturated carbocycles. The van der Waals surface area contributed by atoms with Gasteiger partial charge in [0.2, 0.25) is 5.62 Å². The predicted octanol–water partition coefficient (Wildman–Crippen LogP) is 5.67. The number of aliphatic carboxylic acids is 1. The van der Waals surface area contributed by atoms with Crippen LogP contribution >= 0.6 is 23.2 Å². The summed E-state index contributed by atoms with van der Waals surface area (Å²) in [6.07, 6.45) is -4.98. The molecule has 0 spiro atoms. The lowest BCUT2D eigenvalue weighted by molar-refractivity contribution is -0.274. The summed E-state index contributed by atoms with van der Waals surface area (Å²) in [6, 6.07) is 15.3. The van der Waals surface area contributed by atoms with Gasteiger partial charge in [0.05, 0.1) is 39.7 Å². The van der Waals surface area contributed by atoms with E-state index in [2.05, 4.69) is 15.0 Å². The number of hydrogen-bond acceptors (Lipinski definition) is 4. The largest absolute Gasteiger partial charge is 0.573 e. The van der Waals surface area contributed by atoms with Gasteiger partial charge in [-0.15, -0.1) is 13.2 Å². The van der Waals surface area contributed by atoms with Gasteiger partial charge in [-0.05, 0) is 54.1 Å². The van der Waals surface area contributed by atoms with Crippen molar-refractivity contribution in [3.05, 3.63) is 87.5 Å². The lowest BCUT2D eigenvalue weighted by atomic mass is 10.1. The van der Waals surface area contributed by atoms with Crippen molar-refractivity contribution in [1.29, 1.82) is 0 Å². The molecule has 2 N–H and O–H groups in total. The van der Waals surface area contributed by atoms with Crippen LogP contribution in [0, 0.1) is 0 Å². The highest BCUT2D eigenvalue weighted by Gasteiger charge is 2.31. The van der Waals surface area contributed by atoms with Crippen LogP contribution in [0.4, 0.5) is 18.9 Å². The van der Waals surface area contributed by atoms with E-state index in [0.717, 1.165) is 11.1 Å². The van der Waals surface area contributed by atoms with Gasteiger partial charge < -0.3 is 24.3 Å². The van der Waals surface area contributed by atoms with Gasteiger partial charge in [-0.1, -0.05) is 35.3 Å². The number of rotatable bonds is 8. The average molecular weight is 581 g/mol. The summed E-state index contributed by atoms with van der Waals surface area (Å²) < 4.78 is 45.1. The quantitative estimate of drug-likeness (QED) is 0.280. The molecule has 13 heteroatoms. The zero-order valence-electron chi connectivity index (χ0n) is 20.3. The van der Waals surface area contributed by atoms with Crippen LogP contribution < -0.4 is 15.7 Å². The van der Waals surface area contributed by atoms with Crippen LogP contribution in [-0.2, 0) is 18.4 Å². The molecule has 0 bridgehead atoms. The molecule has 0 aliphatic carbocycles. The van der Waals surface area contributed by atoms with E-state index in [-0.39, 0.29) is 18.7 Å². The molecule has 39 heavy (non-hydrogen) atoms. The lowest BCUT2D eigenvalue weighted by Crippen LogP contribution is -2.26. The number of alkyl halides is 3. The maximum absolute atomic E-state index is 12.5. The van der Waals surface area contributed by atoms with Crippen molar-refractivity contribution in [2.24, 2.45) is 12.0 Å². The van der Waals surface area contributed by atoms with Gasteiger partial charge in [-0.25, -0.2) is 4.99 Å². The number of aryl methyl sites for hydroxylation is 1. The number of fused-ring (bicyclic) bond motifs is 1. The summed E-state index contributed by atoms with van der Waals surface area (Å²) in [5.41, 5.74) is 3.45. The van der Waals surface area contributed by atoms with Crippen molar-refractivity contribution >= 4 is 51.8 Å². The minimum Gasteiger partial charge on any atom is -0.481 e. The Morgan fingerprint density at radius 2 is 1.62 bits per heavy atom. The molecule has 0 aliphatic heterocycles. The maximum Gasteiger partial charge on any atom is 0.573 e. The Labute approximate surface area is 229 Å². The Morgan fingerprint density at radius 1 is 1.00 bits per heavy atom. The first-order valence-electron chi connectivity index (χ1n) is 11.4. The molecule has 0 atom stereocenters. The fourth-order valence-corrected chi connectivity index (χ4v) is 4.18. The number of carboxylic acids is 1. The number of carbonyl (C=O) groups excluding carboxylic acids is 1. The highest BCUT2D eigenvalue weighted by Crippen LogP contribution is 2.28. The summed E-state index contributed by atoms with van der Waals surface area (Å²) in [5.74, 6) is -1.77. The minimum absolute atomic E-state index is 0.0132. The van der Waals surface area contributed by atoms with Gasteiger partial charge in [-0.2, -0.15) is 0 Å². The summed E-state index contributed by atoms with van der Waals surface area (Å²) in [5, 5.41) is 11.9. The van der Waals surface area contributed by atoms with Crippen LogP contribution in [0.3, 0.4) is 0 Å². The Balaban J connectivity index is 1.70. The van der Waals surface area contributed by atoms with Crippen LogP contribution in [0.15, 0.2) is 65.7 Å². The fourth-order valence-electron chi connectivity index (χ4n) is 3.87. The molecule has 1 heterocycles. The first-order valence-corrected chi connectivity index (χ1v) is 12.2. The van der Waals surface area contributed by atoms with Gasteiger partial charge in [0.25, 0.3) is 5.91 Å². The number of nitrogens with zero attached hydrogens (tertiary/aromatic N) is 3. The molecule has 204 valence electrons. The molecule has 1 amide bonds. The summed E-state index contributed by atoms with van der Waals surface area (Å²) in [4.78, 5) is 27.6. The summed E-state index contributed by atoms with van der Waals surface area (Å²) in [6.45, 7) is 0.323. The normalized spacial score (nSPS) is 12.1. The highest BCUT2D eigenvalue weighted by atomic mass is 35.5. The van der Waals surface area contributed by atoms with Crippen molar-refractivity contribution < 1.29 is 32.6 Å². The molecule has 8 nitrogen and oxygen atoms in total. The van der Waals surface area contributed by atoms with E-state index >= 15 is 0 Å². The van der Waals surface area contributed by atoms with Crippen LogP contribution in [-0.4, -0.2) is 39.0 Å². The molecular formula is C26H21Cl2F3N4O4. The zero-order chi connectivity index (χ0) is 28.3. The van der Waals surface area contributed by atoms with Gasteiger partial charge in [-0.3, -0.25) is 9.59 Å². The third-order valence-electron chi connectivity index (χ3n) is 5.69. The van der Waals surface area contributed by atoms with Crippen molar-refractivity contribution in [2.45, 2.75) is 19.3 Å². The standard InChI is InChI=1S/C26H21Cl2F3N4O4/c1-34-21-12-19(27)20(28)13-22(21)35(25(34)33-17-6-8-18(9-7-17)39-26(29,30)31)14-15-2-4-16(5-3-15)24(38)32-11-10-23(36)37/h2-9,12-13H,10-11,14H2,1H3,(H,32,38)(H,36,37)/b33-25-. The molecule has 0 fully saturated rings. The number of ether oxygens (including phenoxy) is 1. The van der Waals surface area contributed by atoms with Gasteiger partial charge in [0, 0.05) is 19.2 Å². The van der Waals surface area contributed by atoms with E-state index in [9.17, 15) is 22.8 Å². The number of amides is 1. The lowest BCUT2D eigenvalue weighted by Gasteiger charge is -2.09. The fraction of sp³-hybridized carbons (Fsp3) is 0.192. The molecular weight excluding hydrogens is 560 g/mol. The smallest absolute Gasteiger partial charge is 0.481 e. The summed E-state index contributed by atoms with van der Waals surface area (Å²) in [7, 11) is 1.77. The van der Waals surface area contributed by atoms with Crippen molar-refractivity contribution in [3.8, 4) is 5.75 Å². The topological polar surface area (TPSA) is 97.9 Å². The van der Waals surface area contributed by atoms with E-state index in [1.807, 2.05) is 4.57 Å². The number of imidazole rings is 1. The second-order valence-corrected chi connectivity index (χ2v) is 9.26. The second kappa shape index (κ2) is 11.4. The zero-order valence-corrected chi connectivity index (χ0v) is 21.8. The molecule has 0 aliphatic rings. The maximum atomic E-state index is 12.5. The number of nitrogens with one attached hydrogen (secondary N) is 1. The van der Waals surface area contributed by atoms with Crippen LogP contribution in [0.1, 0.15) is 22.3 Å². The first kappa shape index (κ1) is 28.1. The van der Waals surface area contributed by atoms with E-state index in [0.29, 0.717) is 39.0 Å². The van der Waals surface area contributed by atoms with Crippen molar-refractivity contribution in [2.75, 3.05) is 6.54 Å². The number of hydrogen-bond donors (Lipinski definition) is 2. The van der Waals surface area contributed by atoms with E-state index in [1.54, 1.807) is 48.0 Å². The van der Waals surface area contributed by atoms with Gasteiger partial charge in [0.15, 0.2) is 0 Å². The molecule has 3 aromatic carbocycles. The Bertz CT molecular complexity index is 1600. The summed E-state index contributed by atoms with van der Waals surface area (Å²) >= 11 is 12.6. The third-order valence-corrected chi connectivity index (χ3v) is 6.41. The van der Waals surface area contributed by atoms with E-state index < -0.39 is 18.2 Å². The van der Waals surface area contributed by atoms with Gasteiger partial charge in [0.1, 0.15) is 5.75 Å². The number of carbonyl (C=O) groups is 2. The monoisotopic (exact) mass is 580 g/mol. The second-order valence-electron chi connectivity index (χ2n) is 8.45. The van der Waals surface area contributed by atoms with Gasteiger partial charge >= 0.3 is 12.3 Å². The highest BCUT2D eigenvalue weighted by molar-refractivity contribution is 6.42. The van der Waals surface area contributed by atoms with Crippen LogP contribution in [0.5, 0.6) is 5.75 Å². The molecule has 0 radical (unpaired) electrons. The Hall–Kier alpha value is -3.96. The Morgan fingerprint density at radius 3 is 2.21 bits per heavy atom. The SMILES string of the molecule is Cn1/c(=N/c2ccc(OC(F)(F)F)cc2)n(Cc2ccc(C(=O)NCCC(=O)O)cc2)c2cc(Cl)c(Cl)cc21. The van der Waals surface area contributed by atoms with E-state index in [4.69, 9.17) is 28.3 Å². The predicted molar refractivity (Wildman–Crippen MR) is 139 cm³/mol. The van der Waals surface area contributed by atoms with Crippen LogP contribution in [0.25, 0.3) is 11.0 Å². The van der Waals surface area contributed by atoms with Crippen LogP contribution in [0.2, 0.25) is 10.0 Å². The Kier molecular flexibility index (Phi) is 8.22. The molecule has 0 unspecified atom stereocenters. The number of carboxylic acid groups (broad SMARTS) is 1. The van der Waals surface area contributed by atoms with Crippen molar-refractivity contribution in [1.82, 2.24) is 14.5 Å².